The van der Waals surface area contributed by atoms with Crippen LogP contribution in [0.1, 0.15) is 65.7 Å². The number of rotatable bonds is 13. The molecule has 202 valence electrons. The van der Waals surface area contributed by atoms with Gasteiger partial charge in [-0.15, -0.1) is 0 Å². The molecule has 1 aliphatic heterocycles. The van der Waals surface area contributed by atoms with Crippen LogP contribution in [0, 0.1) is 11.8 Å². The summed E-state index contributed by atoms with van der Waals surface area (Å²) in [5, 5.41) is 14.1. The highest BCUT2D eigenvalue weighted by molar-refractivity contribution is 5.92. The minimum atomic E-state index is -0.902. The smallest absolute Gasteiger partial charge is 0.408 e. The molecule has 3 N–H and O–H groups in total. The van der Waals surface area contributed by atoms with Gasteiger partial charge in [-0.3, -0.25) is 19.2 Å². The average molecular weight is 510 g/mol. The number of carboxylic acid groups (broad SMARTS) is 1. The van der Waals surface area contributed by atoms with Crippen molar-refractivity contribution >= 4 is 30.3 Å². The molecule has 2 aliphatic rings. The van der Waals surface area contributed by atoms with E-state index in [1.807, 2.05) is 12.2 Å². The van der Waals surface area contributed by atoms with Gasteiger partial charge in [0.1, 0.15) is 23.8 Å². The van der Waals surface area contributed by atoms with Gasteiger partial charge in [0.15, 0.2) is 0 Å². The van der Waals surface area contributed by atoms with E-state index in [-0.39, 0.29) is 30.7 Å². The summed E-state index contributed by atoms with van der Waals surface area (Å²) in [4.78, 5) is 61.3. The van der Waals surface area contributed by atoms with Gasteiger partial charge in [-0.1, -0.05) is 25.0 Å². The number of carboxylic acids is 1. The third-order valence-corrected chi connectivity index (χ3v) is 6.24. The van der Waals surface area contributed by atoms with E-state index in [9.17, 15) is 24.0 Å². The molecule has 11 nitrogen and oxygen atoms in total. The predicted molar refractivity (Wildman–Crippen MR) is 130 cm³/mol. The molecule has 2 rings (SSSR count). The van der Waals surface area contributed by atoms with Crippen LogP contribution in [0.2, 0.25) is 0 Å². The maximum absolute atomic E-state index is 13.4. The van der Waals surface area contributed by atoms with Crippen LogP contribution in [-0.2, 0) is 28.7 Å². The molecular formula is C25H39N3O8. The van der Waals surface area contributed by atoms with Gasteiger partial charge in [-0.25, -0.2) is 4.79 Å². The minimum absolute atomic E-state index is 0.0610. The van der Waals surface area contributed by atoms with Crippen molar-refractivity contribution in [3.8, 4) is 0 Å². The Morgan fingerprint density at radius 3 is 2.44 bits per heavy atom. The number of nitrogens with one attached hydrogen (secondary N) is 2. The number of alkyl carbamates (subject to hydrolysis) is 1. The molecule has 0 aromatic rings. The number of carbonyl (C=O) groups is 5. The first-order valence-corrected chi connectivity index (χ1v) is 12.5. The predicted octanol–water partition coefficient (Wildman–Crippen LogP) is 2.00. The molecular weight excluding hydrogens is 470 g/mol. The number of hydrogen-bond donors (Lipinski definition) is 3. The minimum Gasteiger partial charge on any atom is -0.481 e. The fourth-order valence-corrected chi connectivity index (χ4v) is 4.31. The van der Waals surface area contributed by atoms with Gasteiger partial charge in [0, 0.05) is 13.5 Å². The lowest BCUT2D eigenvalue weighted by molar-refractivity contribution is -0.140. The van der Waals surface area contributed by atoms with Crippen LogP contribution in [0.5, 0.6) is 0 Å². The number of aliphatic carboxylic acids is 1. The van der Waals surface area contributed by atoms with Crippen LogP contribution >= 0.6 is 0 Å². The molecule has 1 saturated carbocycles. The molecule has 11 heteroatoms. The number of carbonyl (C=O) groups excluding carboxylic acids is 4. The summed E-state index contributed by atoms with van der Waals surface area (Å²) < 4.78 is 10.3. The van der Waals surface area contributed by atoms with Crippen LogP contribution in [0.3, 0.4) is 0 Å². The van der Waals surface area contributed by atoms with Crippen molar-refractivity contribution in [3.63, 3.8) is 0 Å². The van der Waals surface area contributed by atoms with Crippen molar-refractivity contribution in [2.45, 2.75) is 89.5 Å². The Morgan fingerprint density at radius 2 is 1.86 bits per heavy atom. The van der Waals surface area contributed by atoms with E-state index < -0.39 is 41.8 Å². The second-order valence-electron chi connectivity index (χ2n) is 10.3. The normalized spacial score (nSPS) is 24.2. The molecule has 1 heterocycles. The molecule has 1 aliphatic carbocycles. The van der Waals surface area contributed by atoms with Crippen molar-refractivity contribution in [1.29, 1.82) is 0 Å². The zero-order chi connectivity index (χ0) is 26.9. The Labute approximate surface area is 211 Å². The molecule has 2 fully saturated rings. The summed E-state index contributed by atoms with van der Waals surface area (Å²) >= 11 is 0. The number of likely N-dealkylation sites (tertiary alicyclic amines) is 1. The van der Waals surface area contributed by atoms with Crippen molar-refractivity contribution in [2.75, 3.05) is 13.6 Å². The van der Waals surface area contributed by atoms with Crippen LogP contribution in [0.4, 0.5) is 4.79 Å². The fraction of sp³-hybridized carbons (Fsp3) is 0.720. The maximum Gasteiger partial charge on any atom is 0.408 e. The Hall–Kier alpha value is -3.11. The highest BCUT2D eigenvalue weighted by atomic mass is 16.6. The monoisotopic (exact) mass is 509 g/mol. The first-order chi connectivity index (χ1) is 17.0. The van der Waals surface area contributed by atoms with Crippen LogP contribution in [-0.4, -0.2) is 77.7 Å². The Morgan fingerprint density at radius 1 is 1.14 bits per heavy atom. The van der Waals surface area contributed by atoms with E-state index in [0.717, 1.165) is 19.3 Å². The van der Waals surface area contributed by atoms with Crippen molar-refractivity contribution in [2.24, 2.45) is 11.8 Å². The van der Waals surface area contributed by atoms with Gasteiger partial charge >= 0.3 is 12.1 Å². The molecule has 1 saturated heterocycles. The fourth-order valence-electron chi connectivity index (χ4n) is 4.31. The topological polar surface area (TPSA) is 151 Å². The van der Waals surface area contributed by atoms with Gasteiger partial charge in [-0.2, -0.15) is 0 Å². The van der Waals surface area contributed by atoms with E-state index in [4.69, 9.17) is 14.6 Å². The van der Waals surface area contributed by atoms with Gasteiger partial charge in [0.25, 0.3) is 6.47 Å². The summed E-state index contributed by atoms with van der Waals surface area (Å²) in [5.41, 5.74) is -0.744. The van der Waals surface area contributed by atoms with E-state index in [0.29, 0.717) is 25.7 Å². The third kappa shape index (κ3) is 9.16. The first kappa shape index (κ1) is 29.1. The third-order valence-electron chi connectivity index (χ3n) is 6.24. The van der Waals surface area contributed by atoms with Crippen LogP contribution in [0.15, 0.2) is 12.2 Å². The summed E-state index contributed by atoms with van der Waals surface area (Å²) in [6.45, 7) is 5.53. The van der Waals surface area contributed by atoms with E-state index >= 15 is 0 Å². The summed E-state index contributed by atoms with van der Waals surface area (Å²) in [5.74, 6) is -1.68. The summed E-state index contributed by atoms with van der Waals surface area (Å²) in [6.07, 6.45) is 6.96. The molecule has 0 radical (unpaired) electrons. The summed E-state index contributed by atoms with van der Waals surface area (Å²) in [6, 6.07) is -1.71. The quantitative estimate of drug-likeness (QED) is 0.194. The Bertz CT molecular complexity index is 838. The number of ether oxygens (including phenoxy) is 2. The Balaban J connectivity index is 1.96. The number of hydrogen-bond acceptors (Lipinski definition) is 7. The molecule has 36 heavy (non-hydrogen) atoms. The SMILES string of the molecule is CNC(=O)[C@@H]1C[C@@H](OC=O)CN1C(=O)[C@H](CCCCC/C=C\[C@@H]1C[C@@H]1C(=O)O)NC(=O)OC(C)(C)C. The van der Waals surface area contributed by atoms with Crippen molar-refractivity contribution in [1.82, 2.24) is 15.5 Å². The average Bonchev–Trinajstić information content (AvgIpc) is 3.46. The number of nitrogens with zero attached hydrogens (tertiary/aromatic N) is 1. The van der Waals surface area contributed by atoms with Gasteiger partial charge < -0.3 is 30.1 Å². The number of likely N-dealkylation sites (N-methyl/N-ethyl adjacent to an activating group) is 1. The van der Waals surface area contributed by atoms with Gasteiger partial charge in [0.2, 0.25) is 11.8 Å². The standard InChI is InChI=1S/C25H39N3O8/c1-25(2,3)36-24(34)27-19(11-9-7-5-6-8-10-16-12-18(16)23(32)33)22(31)28-14-17(35-15-29)13-20(28)21(30)26-4/h8,10,15-20H,5-7,9,11-14H2,1-4H3,(H,26,30)(H,27,34)(H,32,33)/b10-8-/t16-,17-,18+,19+,20+/m1/s1. The molecule has 0 aromatic carbocycles. The zero-order valence-corrected chi connectivity index (χ0v) is 21.5. The van der Waals surface area contributed by atoms with Crippen molar-refractivity contribution in [3.05, 3.63) is 12.2 Å². The lowest BCUT2D eigenvalue weighted by Crippen LogP contribution is -2.53. The second-order valence-corrected chi connectivity index (χ2v) is 10.3. The highest BCUT2D eigenvalue weighted by Crippen LogP contribution is 2.39. The molecule has 3 amide bonds. The molecule has 5 atom stereocenters. The zero-order valence-electron chi connectivity index (χ0n) is 21.5. The lowest BCUT2D eigenvalue weighted by Gasteiger charge is -2.29. The number of allylic oxidation sites excluding steroid dienone is 2. The molecule has 0 unspecified atom stereocenters. The second kappa shape index (κ2) is 13.3. The largest absolute Gasteiger partial charge is 0.481 e. The molecule has 0 aromatic heterocycles. The lowest BCUT2D eigenvalue weighted by atomic mass is 10.0. The van der Waals surface area contributed by atoms with E-state index in [1.54, 1.807) is 20.8 Å². The van der Waals surface area contributed by atoms with E-state index in [2.05, 4.69) is 10.6 Å². The van der Waals surface area contributed by atoms with E-state index in [1.165, 1.54) is 11.9 Å². The van der Waals surface area contributed by atoms with Crippen LogP contribution < -0.4 is 10.6 Å². The highest BCUT2D eigenvalue weighted by Gasteiger charge is 2.43. The first-order valence-electron chi connectivity index (χ1n) is 12.5. The molecule has 0 bridgehead atoms. The maximum atomic E-state index is 13.4. The van der Waals surface area contributed by atoms with Crippen LogP contribution in [0.25, 0.3) is 0 Å². The van der Waals surface area contributed by atoms with Crippen molar-refractivity contribution < 1.29 is 38.6 Å². The molecule has 0 spiro atoms. The number of amides is 3. The van der Waals surface area contributed by atoms with Gasteiger partial charge in [-0.05, 0) is 52.4 Å². The Kier molecular flexibility index (Phi) is 10.7. The summed E-state index contributed by atoms with van der Waals surface area (Å²) in [7, 11) is 1.47. The number of unbranched alkanes of at least 4 members (excludes halogenated alkanes) is 3. The van der Waals surface area contributed by atoms with Gasteiger partial charge in [0.05, 0.1) is 12.5 Å².